The summed E-state index contributed by atoms with van der Waals surface area (Å²) in [5, 5.41) is 3.60. The summed E-state index contributed by atoms with van der Waals surface area (Å²) in [5.41, 5.74) is 0.548. The maximum Gasteiger partial charge on any atom is 0.00903 e. The molecule has 2 nitrogen and oxygen atoms in total. The number of hydrogen-bond acceptors (Lipinski definition) is 2. The Morgan fingerprint density at radius 2 is 1.84 bits per heavy atom. The standard InChI is InChI=1S/C17H36N2/c1-6-9-17(10-11-18-13-17)14-19(12-15(4)5)16(7-2)8-3/h15-16,18H,6-14H2,1-5H3. The molecular formula is C17H36N2. The van der Waals surface area contributed by atoms with Crippen molar-refractivity contribution in [2.24, 2.45) is 11.3 Å². The van der Waals surface area contributed by atoms with E-state index in [1.54, 1.807) is 0 Å². The van der Waals surface area contributed by atoms with Gasteiger partial charge in [-0.3, -0.25) is 4.90 Å². The van der Waals surface area contributed by atoms with Gasteiger partial charge < -0.3 is 5.32 Å². The average Bonchev–Trinajstić information content (AvgIpc) is 2.79. The van der Waals surface area contributed by atoms with Crippen molar-refractivity contribution in [2.75, 3.05) is 26.2 Å². The Kier molecular flexibility index (Phi) is 7.38. The predicted molar refractivity (Wildman–Crippen MR) is 85.6 cm³/mol. The molecular weight excluding hydrogens is 232 g/mol. The quantitative estimate of drug-likeness (QED) is 0.682. The molecule has 0 spiro atoms. The molecule has 0 bridgehead atoms. The van der Waals surface area contributed by atoms with Crippen LogP contribution in [0.2, 0.25) is 0 Å². The van der Waals surface area contributed by atoms with Crippen molar-refractivity contribution < 1.29 is 0 Å². The van der Waals surface area contributed by atoms with Gasteiger partial charge in [0, 0.05) is 25.7 Å². The van der Waals surface area contributed by atoms with Crippen LogP contribution in [0.5, 0.6) is 0 Å². The first-order valence-corrected chi connectivity index (χ1v) is 8.51. The maximum absolute atomic E-state index is 3.60. The average molecular weight is 268 g/mol. The first-order valence-electron chi connectivity index (χ1n) is 8.51. The molecule has 1 heterocycles. The monoisotopic (exact) mass is 268 g/mol. The highest BCUT2D eigenvalue weighted by molar-refractivity contribution is 4.91. The van der Waals surface area contributed by atoms with Crippen molar-refractivity contribution in [2.45, 2.75) is 72.8 Å². The van der Waals surface area contributed by atoms with E-state index in [9.17, 15) is 0 Å². The minimum Gasteiger partial charge on any atom is -0.316 e. The van der Waals surface area contributed by atoms with Gasteiger partial charge in [-0.15, -0.1) is 0 Å². The summed E-state index contributed by atoms with van der Waals surface area (Å²) in [4.78, 5) is 2.80. The van der Waals surface area contributed by atoms with E-state index in [1.165, 1.54) is 58.3 Å². The largest absolute Gasteiger partial charge is 0.316 e. The molecule has 0 aromatic carbocycles. The molecule has 114 valence electrons. The van der Waals surface area contributed by atoms with Gasteiger partial charge in [0.05, 0.1) is 0 Å². The SMILES string of the molecule is CCCC1(CN(CC(C)C)C(CC)CC)CCNC1. The topological polar surface area (TPSA) is 15.3 Å². The van der Waals surface area contributed by atoms with Crippen LogP contribution >= 0.6 is 0 Å². The van der Waals surface area contributed by atoms with E-state index in [2.05, 4.69) is 44.8 Å². The molecule has 1 aliphatic heterocycles. The molecule has 1 N–H and O–H groups in total. The molecule has 1 rings (SSSR count). The Balaban J connectivity index is 2.73. The van der Waals surface area contributed by atoms with E-state index in [4.69, 9.17) is 0 Å². The normalized spacial score (nSPS) is 24.0. The molecule has 19 heavy (non-hydrogen) atoms. The van der Waals surface area contributed by atoms with Crippen LogP contribution in [0.3, 0.4) is 0 Å². The fourth-order valence-electron chi connectivity index (χ4n) is 3.80. The molecule has 1 saturated heterocycles. The van der Waals surface area contributed by atoms with Gasteiger partial charge in [-0.05, 0) is 43.6 Å². The Morgan fingerprint density at radius 1 is 1.16 bits per heavy atom. The van der Waals surface area contributed by atoms with E-state index in [1.807, 2.05) is 0 Å². The second kappa shape index (κ2) is 8.26. The van der Waals surface area contributed by atoms with E-state index < -0.39 is 0 Å². The third-order valence-electron chi connectivity index (χ3n) is 4.71. The molecule has 0 aliphatic carbocycles. The van der Waals surface area contributed by atoms with Crippen LogP contribution < -0.4 is 5.32 Å². The molecule has 1 fully saturated rings. The third-order valence-corrected chi connectivity index (χ3v) is 4.71. The molecule has 0 saturated carbocycles. The Labute approximate surface area is 121 Å². The van der Waals surface area contributed by atoms with Crippen LogP contribution in [0.1, 0.15) is 66.7 Å². The minimum atomic E-state index is 0.548. The van der Waals surface area contributed by atoms with Crippen molar-refractivity contribution in [1.29, 1.82) is 0 Å². The van der Waals surface area contributed by atoms with Crippen molar-refractivity contribution >= 4 is 0 Å². The Bertz CT molecular complexity index is 227. The van der Waals surface area contributed by atoms with E-state index in [0.29, 0.717) is 5.41 Å². The second-order valence-corrected chi connectivity index (χ2v) is 6.97. The summed E-state index contributed by atoms with van der Waals surface area (Å²) in [6.45, 7) is 16.8. The Morgan fingerprint density at radius 3 is 2.26 bits per heavy atom. The number of hydrogen-bond donors (Lipinski definition) is 1. The molecule has 1 atom stereocenters. The summed E-state index contributed by atoms with van der Waals surface area (Å²) in [6, 6.07) is 0.775. The van der Waals surface area contributed by atoms with Gasteiger partial charge in [-0.25, -0.2) is 0 Å². The summed E-state index contributed by atoms with van der Waals surface area (Å²) < 4.78 is 0. The summed E-state index contributed by atoms with van der Waals surface area (Å²) in [5.74, 6) is 0.772. The van der Waals surface area contributed by atoms with Crippen molar-refractivity contribution in [3.63, 3.8) is 0 Å². The molecule has 0 aromatic rings. The van der Waals surface area contributed by atoms with Crippen LogP contribution in [0.25, 0.3) is 0 Å². The summed E-state index contributed by atoms with van der Waals surface area (Å²) in [6.07, 6.45) is 6.65. The second-order valence-electron chi connectivity index (χ2n) is 6.97. The van der Waals surface area contributed by atoms with Crippen LogP contribution in [0.4, 0.5) is 0 Å². The van der Waals surface area contributed by atoms with Gasteiger partial charge in [0.1, 0.15) is 0 Å². The van der Waals surface area contributed by atoms with Gasteiger partial charge in [0.2, 0.25) is 0 Å². The van der Waals surface area contributed by atoms with Gasteiger partial charge in [-0.1, -0.05) is 41.0 Å². The summed E-state index contributed by atoms with van der Waals surface area (Å²) >= 11 is 0. The number of rotatable bonds is 9. The smallest absolute Gasteiger partial charge is 0.00903 e. The zero-order valence-electron chi connectivity index (χ0n) is 14.0. The minimum absolute atomic E-state index is 0.548. The lowest BCUT2D eigenvalue weighted by Gasteiger charge is -2.40. The number of nitrogens with one attached hydrogen (secondary N) is 1. The van der Waals surface area contributed by atoms with Crippen molar-refractivity contribution in [1.82, 2.24) is 10.2 Å². The fourth-order valence-corrected chi connectivity index (χ4v) is 3.80. The summed E-state index contributed by atoms with van der Waals surface area (Å²) in [7, 11) is 0. The van der Waals surface area contributed by atoms with Crippen LogP contribution in [-0.2, 0) is 0 Å². The lowest BCUT2D eigenvalue weighted by molar-refractivity contribution is 0.0937. The van der Waals surface area contributed by atoms with Gasteiger partial charge in [0.15, 0.2) is 0 Å². The highest BCUT2D eigenvalue weighted by Crippen LogP contribution is 2.33. The first-order chi connectivity index (χ1) is 9.06. The van der Waals surface area contributed by atoms with Crippen LogP contribution in [0.15, 0.2) is 0 Å². The fraction of sp³-hybridized carbons (Fsp3) is 1.00. The molecule has 1 unspecified atom stereocenters. The highest BCUT2D eigenvalue weighted by Gasteiger charge is 2.35. The first kappa shape index (κ1) is 17.0. The maximum atomic E-state index is 3.60. The lowest BCUT2D eigenvalue weighted by Crippen LogP contribution is -2.45. The van der Waals surface area contributed by atoms with Crippen LogP contribution in [0, 0.1) is 11.3 Å². The van der Waals surface area contributed by atoms with Gasteiger partial charge >= 0.3 is 0 Å². The molecule has 2 heteroatoms. The van der Waals surface area contributed by atoms with Gasteiger partial charge in [-0.2, -0.15) is 0 Å². The molecule has 0 radical (unpaired) electrons. The molecule has 0 amide bonds. The van der Waals surface area contributed by atoms with E-state index >= 15 is 0 Å². The van der Waals surface area contributed by atoms with Crippen molar-refractivity contribution in [3.05, 3.63) is 0 Å². The van der Waals surface area contributed by atoms with E-state index in [-0.39, 0.29) is 0 Å². The van der Waals surface area contributed by atoms with Gasteiger partial charge in [0.25, 0.3) is 0 Å². The zero-order chi connectivity index (χ0) is 14.3. The van der Waals surface area contributed by atoms with Crippen LogP contribution in [-0.4, -0.2) is 37.1 Å². The molecule has 1 aliphatic rings. The van der Waals surface area contributed by atoms with Crippen molar-refractivity contribution in [3.8, 4) is 0 Å². The predicted octanol–water partition coefficient (Wildman–Crippen LogP) is 3.91. The highest BCUT2D eigenvalue weighted by atomic mass is 15.2. The van der Waals surface area contributed by atoms with E-state index in [0.717, 1.165) is 12.0 Å². The zero-order valence-corrected chi connectivity index (χ0v) is 14.0. The molecule has 0 aromatic heterocycles. The number of nitrogens with zero attached hydrogens (tertiary/aromatic N) is 1. The Hall–Kier alpha value is -0.0800. The lowest BCUT2D eigenvalue weighted by atomic mass is 9.81. The third kappa shape index (κ3) is 5.07.